The van der Waals surface area contributed by atoms with E-state index in [-0.39, 0.29) is 22.5 Å². The average molecular weight is 355 g/mol. The van der Waals surface area contributed by atoms with E-state index in [2.05, 4.69) is 4.72 Å². The van der Waals surface area contributed by atoms with Gasteiger partial charge in [-0.1, -0.05) is 23.2 Å². The van der Waals surface area contributed by atoms with Crippen molar-refractivity contribution >= 4 is 45.0 Å². The van der Waals surface area contributed by atoms with Gasteiger partial charge in [0.2, 0.25) is 10.0 Å². The monoisotopic (exact) mass is 354 g/mol. The number of hydrogen-bond acceptors (Lipinski definition) is 4. The third-order valence-electron chi connectivity index (χ3n) is 3.07. The van der Waals surface area contributed by atoms with Crippen molar-refractivity contribution in [1.29, 1.82) is 0 Å². The summed E-state index contributed by atoms with van der Waals surface area (Å²) in [4.78, 5) is 0.00249. The van der Waals surface area contributed by atoms with Crippen LogP contribution in [0.15, 0.2) is 17.0 Å². The molecule has 1 atom stereocenters. The lowest BCUT2D eigenvalue weighted by molar-refractivity contribution is 0.543. The first kappa shape index (κ1) is 16.4. The van der Waals surface area contributed by atoms with Gasteiger partial charge < -0.3 is 5.73 Å². The number of hydrogen-bond donors (Lipinski definition) is 2. The van der Waals surface area contributed by atoms with Gasteiger partial charge in [0.15, 0.2) is 0 Å². The molecule has 1 aliphatic rings. The summed E-state index contributed by atoms with van der Waals surface area (Å²) in [6.45, 7) is 0.140. The van der Waals surface area contributed by atoms with Gasteiger partial charge in [-0.25, -0.2) is 13.1 Å². The Morgan fingerprint density at radius 3 is 2.75 bits per heavy atom. The number of sulfonamides is 1. The summed E-state index contributed by atoms with van der Waals surface area (Å²) in [6, 6.07) is 2.89. The maximum atomic E-state index is 12.4. The van der Waals surface area contributed by atoms with Crippen molar-refractivity contribution in [2.75, 3.05) is 11.5 Å². The van der Waals surface area contributed by atoms with Crippen LogP contribution in [0, 0.1) is 0 Å². The Morgan fingerprint density at radius 2 is 2.15 bits per heavy atom. The SMILES string of the molecule is NCc1cc(Cl)cc(S(=O)(=O)NC2CCCSC2)c1Cl. The van der Waals surface area contributed by atoms with E-state index in [1.807, 2.05) is 0 Å². The second kappa shape index (κ2) is 6.85. The summed E-state index contributed by atoms with van der Waals surface area (Å²) in [5, 5.41) is 0.459. The van der Waals surface area contributed by atoms with Gasteiger partial charge >= 0.3 is 0 Å². The van der Waals surface area contributed by atoms with Gasteiger partial charge in [0.25, 0.3) is 0 Å². The van der Waals surface area contributed by atoms with Crippen LogP contribution in [0.3, 0.4) is 0 Å². The van der Waals surface area contributed by atoms with Crippen LogP contribution in [0.25, 0.3) is 0 Å². The number of nitrogens with two attached hydrogens (primary N) is 1. The van der Waals surface area contributed by atoms with Gasteiger partial charge in [-0.05, 0) is 36.3 Å². The third-order valence-corrected chi connectivity index (χ3v) is 6.61. The summed E-state index contributed by atoms with van der Waals surface area (Å²) in [7, 11) is -3.68. The summed E-state index contributed by atoms with van der Waals surface area (Å²) < 4.78 is 27.6. The highest BCUT2D eigenvalue weighted by Crippen LogP contribution is 2.30. The molecule has 0 amide bonds. The Kier molecular flexibility index (Phi) is 5.62. The van der Waals surface area contributed by atoms with Crippen LogP contribution < -0.4 is 10.5 Å². The first-order chi connectivity index (χ1) is 9.44. The Labute approximate surface area is 133 Å². The highest BCUT2D eigenvalue weighted by molar-refractivity contribution is 7.99. The van der Waals surface area contributed by atoms with E-state index >= 15 is 0 Å². The van der Waals surface area contributed by atoms with E-state index < -0.39 is 10.0 Å². The van der Waals surface area contributed by atoms with Crippen molar-refractivity contribution < 1.29 is 8.42 Å². The zero-order valence-corrected chi connectivity index (χ0v) is 13.9. The molecule has 20 heavy (non-hydrogen) atoms. The molecule has 1 aliphatic heterocycles. The van der Waals surface area contributed by atoms with Gasteiger partial charge in [-0.15, -0.1) is 0 Å². The van der Waals surface area contributed by atoms with Crippen LogP contribution >= 0.6 is 35.0 Å². The van der Waals surface area contributed by atoms with Crippen LogP contribution in [0.1, 0.15) is 18.4 Å². The van der Waals surface area contributed by atoms with E-state index in [1.165, 1.54) is 6.07 Å². The quantitative estimate of drug-likeness (QED) is 0.871. The predicted molar refractivity (Wildman–Crippen MR) is 85.0 cm³/mol. The molecule has 1 unspecified atom stereocenters. The van der Waals surface area contributed by atoms with Crippen LogP contribution in [-0.2, 0) is 16.6 Å². The van der Waals surface area contributed by atoms with E-state index in [0.29, 0.717) is 10.6 Å². The topological polar surface area (TPSA) is 72.2 Å². The van der Waals surface area contributed by atoms with Crippen LogP contribution in [0.4, 0.5) is 0 Å². The summed E-state index contributed by atoms with van der Waals surface area (Å²) in [6.07, 6.45) is 1.85. The van der Waals surface area contributed by atoms with E-state index in [1.54, 1.807) is 17.8 Å². The number of thioether (sulfide) groups is 1. The Bertz CT molecular complexity index is 587. The van der Waals surface area contributed by atoms with Crippen molar-refractivity contribution in [2.45, 2.75) is 30.3 Å². The molecule has 1 aromatic carbocycles. The summed E-state index contributed by atoms with van der Waals surface area (Å²) in [5.74, 6) is 1.86. The second-order valence-corrected chi connectivity index (χ2v) is 8.26. The molecule has 0 spiro atoms. The molecule has 2 rings (SSSR count). The molecule has 3 N–H and O–H groups in total. The second-order valence-electron chi connectivity index (χ2n) is 4.62. The van der Waals surface area contributed by atoms with Gasteiger partial charge in [0.1, 0.15) is 4.90 Å². The molecule has 4 nitrogen and oxygen atoms in total. The Morgan fingerprint density at radius 1 is 1.40 bits per heavy atom. The molecule has 1 aromatic rings. The van der Waals surface area contributed by atoms with Crippen molar-refractivity contribution in [3.05, 3.63) is 27.7 Å². The molecule has 0 bridgehead atoms. The molecule has 0 aliphatic carbocycles. The largest absolute Gasteiger partial charge is 0.326 e. The molecule has 8 heteroatoms. The minimum atomic E-state index is -3.68. The lowest BCUT2D eigenvalue weighted by atomic mass is 10.2. The van der Waals surface area contributed by atoms with Crippen molar-refractivity contribution in [3.63, 3.8) is 0 Å². The molecule has 1 heterocycles. The third kappa shape index (κ3) is 3.81. The number of benzene rings is 1. The molecule has 0 saturated carbocycles. The van der Waals surface area contributed by atoms with E-state index in [9.17, 15) is 8.42 Å². The number of nitrogens with one attached hydrogen (secondary N) is 1. The lowest BCUT2D eigenvalue weighted by Gasteiger charge is -2.23. The van der Waals surface area contributed by atoms with Crippen molar-refractivity contribution in [3.8, 4) is 0 Å². The van der Waals surface area contributed by atoms with Gasteiger partial charge in [0.05, 0.1) is 5.02 Å². The summed E-state index contributed by atoms with van der Waals surface area (Å²) >= 11 is 13.8. The normalized spacial score (nSPS) is 20.1. The maximum absolute atomic E-state index is 12.4. The fourth-order valence-electron chi connectivity index (χ4n) is 2.08. The van der Waals surface area contributed by atoms with Crippen LogP contribution in [0.5, 0.6) is 0 Å². The minimum Gasteiger partial charge on any atom is -0.326 e. The molecule has 112 valence electrons. The van der Waals surface area contributed by atoms with Crippen LogP contribution in [0.2, 0.25) is 10.0 Å². The first-order valence-corrected chi connectivity index (χ1v) is 9.61. The van der Waals surface area contributed by atoms with Gasteiger partial charge in [-0.2, -0.15) is 11.8 Å². The highest BCUT2D eigenvalue weighted by atomic mass is 35.5. The molecule has 1 fully saturated rings. The molecule has 1 saturated heterocycles. The Balaban J connectivity index is 2.31. The average Bonchev–Trinajstić information content (AvgIpc) is 2.41. The van der Waals surface area contributed by atoms with Crippen molar-refractivity contribution in [1.82, 2.24) is 4.72 Å². The zero-order chi connectivity index (χ0) is 14.8. The summed E-state index contributed by atoms with van der Waals surface area (Å²) in [5.41, 5.74) is 6.08. The van der Waals surface area contributed by atoms with Crippen molar-refractivity contribution in [2.24, 2.45) is 5.73 Å². The zero-order valence-electron chi connectivity index (χ0n) is 10.7. The van der Waals surface area contributed by atoms with Gasteiger partial charge in [0, 0.05) is 23.4 Å². The standard InChI is InChI=1S/C12H16Cl2N2O2S2/c13-9-4-8(6-15)12(14)11(5-9)20(17,18)16-10-2-1-3-19-7-10/h4-5,10,16H,1-3,6-7,15H2. The number of halogens is 2. The molecular weight excluding hydrogens is 339 g/mol. The van der Waals surface area contributed by atoms with E-state index in [0.717, 1.165) is 24.3 Å². The predicted octanol–water partition coefficient (Wildman–Crippen LogP) is 2.63. The smallest absolute Gasteiger partial charge is 0.242 e. The lowest BCUT2D eigenvalue weighted by Crippen LogP contribution is -2.38. The van der Waals surface area contributed by atoms with E-state index in [4.69, 9.17) is 28.9 Å². The molecule has 0 radical (unpaired) electrons. The fraction of sp³-hybridized carbons (Fsp3) is 0.500. The minimum absolute atomic E-state index is 0.00249. The highest BCUT2D eigenvalue weighted by Gasteiger charge is 2.25. The van der Waals surface area contributed by atoms with Gasteiger partial charge in [-0.3, -0.25) is 0 Å². The molecular formula is C12H16Cl2N2O2S2. The molecule has 0 aromatic heterocycles. The Hall–Kier alpha value is 0.0200. The fourth-order valence-corrected chi connectivity index (χ4v) is 5.47. The number of rotatable bonds is 4. The first-order valence-electron chi connectivity index (χ1n) is 6.22. The van der Waals surface area contributed by atoms with Crippen LogP contribution in [-0.4, -0.2) is 26.0 Å². The maximum Gasteiger partial charge on any atom is 0.242 e.